The summed E-state index contributed by atoms with van der Waals surface area (Å²) in [5, 5.41) is 13.2. The van der Waals surface area contributed by atoms with Crippen LogP contribution < -0.4 is 0 Å². The summed E-state index contributed by atoms with van der Waals surface area (Å²) in [6, 6.07) is 4.31. The van der Waals surface area contributed by atoms with Gasteiger partial charge >= 0.3 is 0 Å². The zero-order valence-electron chi connectivity index (χ0n) is 15.3. The van der Waals surface area contributed by atoms with E-state index < -0.39 is 0 Å². The number of imidazole rings is 1. The van der Waals surface area contributed by atoms with Crippen molar-refractivity contribution in [2.75, 3.05) is 6.61 Å². The lowest BCUT2D eigenvalue weighted by Gasteiger charge is -2.08. The van der Waals surface area contributed by atoms with Crippen LogP contribution in [0.4, 0.5) is 0 Å². The molecule has 8 heteroatoms. The van der Waals surface area contributed by atoms with Crippen molar-refractivity contribution in [2.24, 2.45) is 0 Å². The first-order valence-electron chi connectivity index (χ1n) is 8.91. The van der Waals surface area contributed by atoms with E-state index >= 15 is 0 Å². The topological polar surface area (TPSA) is 94.5 Å². The predicted octanol–water partition coefficient (Wildman–Crippen LogP) is 2.25. The molecule has 0 radical (unpaired) electrons. The van der Waals surface area contributed by atoms with Gasteiger partial charge in [-0.2, -0.15) is 5.10 Å². The van der Waals surface area contributed by atoms with Crippen LogP contribution in [0.15, 0.2) is 43.2 Å². The second-order valence-corrected chi connectivity index (χ2v) is 6.67. The minimum absolute atomic E-state index is 0.0448. The smallest absolute Gasteiger partial charge is 0.162 e. The van der Waals surface area contributed by atoms with E-state index in [9.17, 15) is 0 Å². The molecule has 138 valence electrons. The highest BCUT2D eigenvalue weighted by Gasteiger charge is 2.10. The summed E-state index contributed by atoms with van der Waals surface area (Å²) in [4.78, 5) is 17.9. The van der Waals surface area contributed by atoms with Gasteiger partial charge < -0.3 is 9.67 Å². The van der Waals surface area contributed by atoms with E-state index in [2.05, 4.69) is 49.5 Å². The summed E-state index contributed by atoms with van der Waals surface area (Å²) in [6.45, 7) is 4.76. The molecule has 0 amide bonds. The molecule has 27 heavy (non-hydrogen) atoms. The van der Waals surface area contributed by atoms with Crippen LogP contribution in [-0.4, -0.2) is 46.0 Å². The molecule has 0 aromatic carbocycles. The molecule has 0 spiro atoms. The van der Waals surface area contributed by atoms with E-state index in [1.54, 1.807) is 17.1 Å². The second-order valence-electron chi connectivity index (χ2n) is 6.67. The third kappa shape index (κ3) is 3.56. The molecule has 4 aromatic heterocycles. The number of aromatic nitrogens is 7. The van der Waals surface area contributed by atoms with Crippen LogP contribution in [0.25, 0.3) is 22.4 Å². The minimum Gasteiger partial charge on any atom is -0.394 e. The van der Waals surface area contributed by atoms with Crippen LogP contribution in [-0.2, 0) is 13.0 Å². The highest BCUT2D eigenvalue weighted by atomic mass is 16.3. The van der Waals surface area contributed by atoms with Crippen molar-refractivity contribution in [1.29, 1.82) is 0 Å². The van der Waals surface area contributed by atoms with Crippen molar-refractivity contribution < 1.29 is 5.11 Å². The van der Waals surface area contributed by atoms with Crippen LogP contribution in [0.3, 0.4) is 0 Å². The van der Waals surface area contributed by atoms with Crippen LogP contribution in [0.5, 0.6) is 0 Å². The molecule has 0 aliphatic rings. The average molecular weight is 363 g/mol. The van der Waals surface area contributed by atoms with Gasteiger partial charge in [0, 0.05) is 30.6 Å². The number of pyridine rings is 1. The molecule has 8 nitrogen and oxygen atoms in total. The summed E-state index contributed by atoms with van der Waals surface area (Å²) in [5.41, 5.74) is 4.62. The maximum atomic E-state index is 9.02. The summed E-state index contributed by atoms with van der Waals surface area (Å²) in [5.74, 6) is 0.616. The van der Waals surface area contributed by atoms with Crippen LogP contribution in [0.2, 0.25) is 0 Å². The van der Waals surface area contributed by atoms with E-state index in [0.29, 0.717) is 24.8 Å². The Morgan fingerprint density at radius 1 is 1.11 bits per heavy atom. The van der Waals surface area contributed by atoms with Crippen molar-refractivity contribution in [3.63, 3.8) is 0 Å². The van der Waals surface area contributed by atoms with Gasteiger partial charge in [-0.15, -0.1) is 0 Å². The number of hydrogen-bond acceptors (Lipinski definition) is 6. The molecular weight excluding hydrogens is 342 g/mol. The monoisotopic (exact) mass is 363 g/mol. The SMILES string of the molecule is CC(C)n1cnc2cnc(Cc3ccnc(-c4cnn(CCO)c4)n3)cc21. The quantitative estimate of drug-likeness (QED) is 0.565. The molecule has 0 aliphatic carbocycles. The molecule has 4 rings (SSSR count). The summed E-state index contributed by atoms with van der Waals surface area (Å²) >= 11 is 0. The fourth-order valence-corrected chi connectivity index (χ4v) is 3.00. The Morgan fingerprint density at radius 3 is 2.81 bits per heavy atom. The van der Waals surface area contributed by atoms with Crippen LogP contribution in [0.1, 0.15) is 31.3 Å². The third-order valence-corrected chi connectivity index (χ3v) is 4.37. The fourth-order valence-electron chi connectivity index (χ4n) is 3.00. The fraction of sp³-hybridized carbons (Fsp3) is 0.316. The van der Waals surface area contributed by atoms with E-state index in [0.717, 1.165) is 28.0 Å². The molecule has 0 saturated carbocycles. The maximum absolute atomic E-state index is 9.02. The van der Waals surface area contributed by atoms with E-state index in [4.69, 9.17) is 5.11 Å². The third-order valence-electron chi connectivity index (χ3n) is 4.37. The summed E-state index contributed by atoms with van der Waals surface area (Å²) in [6.07, 6.45) is 9.57. The normalized spacial score (nSPS) is 11.6. The standard InChI is InChI=1S/C19H21N7O/c1-13(2)26-12-22-17-10-21-16(8-18(17)26)7-15-3-4-20-19(24-15)14-9-23-25(11-14)5-6-27/h3-4,8-13,27H,5-7H2,1-2H3. The van der Waals surface area contributed by atoms with Gasteiger partial charge in [0.1, 0.15) is 5.52 Å². The van der Waals surface area contributed by atoms with E-state index in [-0.39, 0.29) is 6.61 Å². The zero-order chi connectivity index (χ0) is 18.8. The minimum atomic E-state index is 0.0448. The molecule has 0 bridgehead atoms. The molecular formula is C19H21N7O. The van der Waals surface area contributed by atoms with Crippen molar-refractivity contribution in [3.05, 3.63) is 54.6 Å². The first-order chi connectivity index (χ1) is 13.1. The van der Waals surface area contributed by atoms with Gasteiger partial charge in [0.05, 0.1) is 48.6 Å². The Labute approximate surface area is 156 Å². The van der Waals surface area contributed by atoms with Crippen LogP contribution in [0, 0.1) is 0 Å². The lowest BCUT2D eigenvalue weighted by atomic mass is 10.2. The van der Waals surface area contributed by atoms with Crippen molar-refractivity contribution in [1.82, 2.24) is 34.3 Å². The molecule has 0 aliphatic heterocycles. The van der Waals surface area contributed by atoms with E-state index in [1.165, 1.54) is 0 Å². The van der Waals surface area contributed by atoms with Crippen molar-refractivity contribution in [3.8, 4) is 11.4 Å². The van der Waals surface area contributed by atoms with Gasteiger partial charge in [-0.05, 0) is 26.0 Å². The average Bonchev–Trinajstić information content (AvgIpc) is 3.29. The molecule has 0 fully saturated rings. The van der Waals surface area contributed by atoms with Crippen molar-refractivity contribution in [2.45, 2.75) is 32.9 Å². The van der Waals surface area contributed by atoms with Gasteiger partial charge in [0.2, 0.25) is 0 Å². The highest BCUT2D eigenvalue weighted by molar-refractivity contribution is 5.74. The number of fused-ring (bicyclic) bond motifs is 1. The molecule has 0 atom stereocenters. The molecule has 4 heterocycles. The molecule has 0 saturated heterocycles. The Balaban J connectivity index is 1.61. The van der Waals surface area contributed by atoms with Crippen molar-refractivity contribution >= 4 is 11.0 Å². The lowest BCUT2D eigenvalue weighted by molar-refractivity contribution is 0.269. The molecule has 0 unspecified atom stereocenters. The summed E-state index contributed by atoms with van der Waals surface area (Å²) < 4.78 is 3.81. The van der Waals surface area contributed by atoms with E-state index in [1.807, 2.05) is 24.8 Å². The van der Waals surface area contributed by atoms with Gasteiger partial charge in [-0.3, -0.25) is 9.67 Å². The molecule has 4 aromatic rings. The number of nitrogens with zero attached hydrogens (tertiary/aromatic N) is 7. The largest absolute Gasteiger partial charge is 0.394 e. The van der Waals surface area contributed by atoms with Gasteiger partial charge in [0.25, 0.3) is 0 Å². The molecule has 1 N–H and O–H groups in total. The zero-order valence-corrected chi connectivity index (χ0v) is 15.3. The Kier molecular flexibility index (Phi) is 4.64. The second kappa shape index (κ2) is 7.24. The number of hydrogen-bond donors (Lipinski definition) is 1. The highest BCUT2D eigenvalue weighted by Crippen LogP contribution is 2.19. The predicted molar refractivity (Wildman–Crippen MR) is 101 cm³/mol. The number of aliphatic hydroxyl groups is 1. The Bertz CT molecular complexity index is 1070. The first-order valence-corrected chi connectivity index (χ1v) is 8.91. The Morgan fingerprint density at radius 2 is 2.00 bits per heavy atom. The lowest BCUT2D eigenvalue weighted by Crippen LogP contribution is -2.02. The Hall–Kier alpha value is -3.13. The van der Waals surface area contributed by atoms with Gasteiger partial charge in [-0.25, -0.2) is 15.0 Å². The van der Waals surface area contributed by atoms with Gasteiger partial charge in [-0.1, -0.05) is 0 Å². The number of rotatable bonds is 6. The number of aliphatic hydroxyl groups excluding tert-OH is 1. The maximum Gasteiger partial charge on any atom is 0.162 e. The van der Waals surface area contributed by atoms with Crippen LogP contribution >= 0.6 is 0 Å². The summed E-state index contributed by atoms with van der Waals surface area (Å²) in [7, 11) is 0. The van der Waals surface area contributed by atoms with Gasteiger partial charge in [0.15, 0.2) is 5.82 Å². The first kappa shape index (κ1) is 17.3.